The zero-order valence-corrected chi connectivity index (χ0v) is 32.7. The van der Waals surface area contributed by atoms with Crippen molar-refractivity contribution >= 4 is 23.9 Å². The number of ketones is 2. The smallest absolute Gasteiger partial charge is 0.432 e. The number of carbonyl (C=O) groups excluding carboxylic acids is 4. The monoisotopic (exact) mass is 711 g/mol. The molecule has 0 saturated heterocycles. The summed E-state index contributed by atoms with van der Waals surface area (Å²) in [7, 11) is 0. The fraction of sp³-hybridized carbons (Fsp3) is 0.905. The number of unbranched alkanes of at least 4 members (excludes halogenated alkanes) is 30. The highest BCUT2D eigenvalue weighted by atomic mass is 17.3. The Morgan fingerprint density at radius 2 is 0.460 bits per heavy atom. The highest BCUT2D eigenvalue weighted by Gasteiger charge is 2.11. The van der Waals surface area contributed by atoms with E-state index >= 15 is 0 Å². The van der Waals surface area contributed by atoms with E-state index in [2.05, 4.69) is 9.78 Å². The van der Waals surface area contributed by atoms with E-state index in [-0.39, 0.29) is 13.2 Å². The molecule has 0 aromatic carbocycles. The fourth-order valence-corrected chi connectivity index (χ4v) is 6.33. The van der Waals surface area contributed by atoms with Gasteiger partial charge >= 0.3 is 12.3 Å². The highest BCUT2D eigenvalue weighted by Crippen LogP contribution is 2.16. The molecule has 0 aromatic rings. The Bertz CT molecular complexity index is 720. The Kier molecular flexibility index (Phi) is 38.0. The SMILES string of the molecule is CC(=O)CCCCCCCCCCCCCCCCCCOC(=O)OOC(=O)OCCCCCCCCCCCCCCCCCCC(C)=O. The van der Waals surface area contributed by atoms with Crippen LogP contribution in [0.2, 0.25) is 0 Å². The number of carbonyl (C=O) groups is 4. The van der Waals surface area contributed by atoms with Crippen molar-refractivity contribution in [3.05, 3.63) is 0 Å². The Hall–Kier alpha value is -2.12. The van der Waals surface area contributed by atoms with Crippen molar-refractivity contribution in [3.8, 4) is 0 Å². The van der Waals surface area contributed by atoms with E-state index in [1.165, 1.54) is 154 Å². The van der Waals surface area contributed by atoms with E-state index in [0.717, 1.165) is 64.2 Å². The van der Waals surface area contributed by atoms with Gasteiger partial charge in [0, 0.05) is 12.8 Å². The molecule has 0 heterocycles. The van der Waals surface area contributed by atoms with Crippen LogP contribution in [0, 0.1) is 0 Å². The first-order valence-corrected chi connectivity index (χ1v) is 21.1. The van der Waals surface area contributed by atoms with Crippen molar-refractivity contribution in [1.29, 1.82) is 0 Å². The van der Waals surface area contributed by atoms with Crippen LogP contribution in [0.15, 0.2) is 0 Å². The summed E-state index contributed by atoms with van der Waals surface area (Å²) in [5.74, 6) is 0.629. The summed E-state index contributed by atoms with van der Waals surface area (Å²) in [5.41, 5.74) is 0. The van der Waals surface area contributed by atoms with Crippen LogP contribution in [0.1, 0.15) is 232 Å². The molecule has 0 radical (unpaired) electrons. The summed E-state index contributed by atoms with van der Waals surface area (Å²) < 4.78 is 9.92. The van der Waals surface area contributed by atoms with Crippen molar-refractivity contribution in [2.75, 3.05) is 13.2 Å². The predicted octanol–water partition coefficient (Wildman–Crippen LogP) is 13.6. The summed E-state index contributed by atoms with van der Waals surface area (Å²) in [5, 5.41) is 0. The number of hydrogen-bond acceptors (Lipinski definition) is 8. The number of rotatable bonds is 38. The van der Waals surface area contributed by atoms with Crippen molar-refractivity contribution in [2.24, 2.45) is 0 Å². The maximum Gasteiger partial charge on any atom is 0.549 e. The minimum atomic E-state index is -1.01. The molecule has 294 valence electrons. The van der Waals surface area contributed by atoms with Crippen LogP contribution in [0.5, 0.6) is 0 Å². The molecule has 0 atom stereocenters. The van der Waals surface area contributed by atoms with Crippen LogP contribution in [0.25, 0.3) is 0 Å². The molecule has 0 spiro atoms. The summed E-state index contributed by atoms with van der Waals surface area (Å²) >= 11 is 0. The van der Waals surface area contributed by atoms with Gasteiger partial charge in [0.1, 0.15) is 11.6 Å². The molecule has 0 aromatic heterocycles. The van der Waals surface area contributed by atoms with Crippen LogP contribution in [0.4, 0.5) is 9.59 Å². The molecule has 0 N–H and O–H groups in total. The van der Waals surface area contributed by atoms with Gasteiger partial charge in [-0.1, -0.05) is 180 Å². The Morgan fingerprint density at radius 3 is 0.660 bits per heavy atom. The lowest BCUT2D eigenvalue weighted by Crippen LogP contribution is -2.14. The molecule has 0 rings (SSSR count). The average Bonchev–Trinajstić information content (AvgIpc) is 3.09. The molecular weight excluding hydrogens is 632 g/mol. The molecular formula is C42H78O8. The second-order valence-corrected chi connectivity index (χ2v) is 14.6. The lowest BCUT2D eigenvalue weighted by molar-refractivity contribution is -0.217. The molecule has 0 bridgehead atoms. The summed E-state index contributed by atoms with van der Waals surface area (Å²) in [4.78, 5) is 53.8. The minimum Gasteiger partial charge on any atom is -0.432 e. The molecule has 0 fully saturated rings. The molecule has 0 aliphatic rings. The maximum atomic E-state index is 11.6. The largest absolute Gasteiger partial charge is 0.549 e. The Balaban J connectivity index is 3.26. The van der Waals surface area contributed by atoms with Crippen LogP contribution in [-0.4, -0.2) is 37.1 Å². The second kappa shape index (κ2) is 39.7. The van der Waals surface area contributed by atoms with E-state index in [1.807, 2.05) is 0 Å². The van der Waals surface area contributed by atoms with Gasteiger partial charge in [-0.3, -0.25) is 0 Å². The minimum absolute atomic E-state index is 0.251. The van der Waals surface area contributed by atoms with Gasteiger partial charge in [-0.2, -0.15) is 19.4 Å². The first-order valence-electron chi connectivity index (χ1n) is 21.1. The van der Waals surface area contributed by atoms with E-state index in [0.29, 0.717) is 11.6 Å². The standard InChI is InChI=1S/C42H78O8/c1-39(43)35-31-27-23-19-15-11-7-3-5-9-13-17-21-25-29-33-37-47-41(45)49-50-42(46)48-38-34-30-26-22-18-14-10-6-4-8-12-16-20-24-28-32-36-40(2)44/h3-38H2,1-2H3. The third-order valence-electron chi connectivity index (χ3n) is 9.46. The summed E-state index contributed by atoms with van der Waals surface area (Å²) in [6.45, 7) is 3.86. The van der Waals surface area contributed by atoms with E-state index in [4.69, 9.17) is 9.47 Å². The van der Waals surface area contributed by atoms with Gasteiger partial charge in [-0.05, 0) is 39.5 Å². The topological polar surface area (TPSA) is 105 Å². The van der Waals surface area contributed by atoms with Crippen molar-refractivity contribution in [2.45, 2.75) is 232 Å². The predicted molar refractivity (Wildman–Crippen MR) is 203 cm³/mol. The van der Waals surface area contributed by atoms with E-state index < -0.39 is 12.3 Å². The first-order chi connectivity index (χ1) is 24.4. The Morgan fingerprint density at radius 1 is 0.280 bits per heavy atom. The molecule has 0 aliphatic carbocycles. The lowest BCUT2D eigenvalue weighted by Gasteiger charge is -2.06. The van der Waals surface area contributed by atoms with E-state index in [1.54, 1.807) is 13.8 Å². The summed E-state index contributed by atoms with van der Waals surface area (Å²) in [6.07, 6.45) is 38.4. The van der Waals surface area contributed by atoms with Crippen molar-refractivity contribution in [3.63, 3.8) is 0 Å². The van der Waals surface area contributed by atoms with Gasteiger partial charge in [0.25, 0.3) is 0 Å². The quantitative estimate of drug-likeness (QED) is 0.0270. The molecule has 50 heavy (non-hydrogen) atoms. The fourth-order valence-electron chi connectivity index (χ4n) is 6.33. The summed E-state index contributed by atoms with van der Waals surface area (Å²) in [6, 6.07) is 0. The highest BCUT2D eigenvalue weighted by molar-refractivity contribution is 5.75. The van der Waals surface area contributed by atoms with Gasteiger partial charge in [0.2, 0.25) is 0 Å². The van der Waals surface area contributed by atoms with Crippen LogP contribution in [0.3, 0.4) is 0 Å². The average molecular weight is 711 g/mol. The normalized spacial score (nSPS) is 11.0. The zero-order chi connectivity index (χ0) is 36.6. The van der Waals surface area contributed by atoms with Gasteiger partial charge in [-0.15, -0.1) is 0 Å². The molecule has 0 saturated carbocycles. The lowest BCUT2D eigenvalue weighted by atomic mass is 10.0. The first kappa shape index (κ1) is 47.9. The maximum absolute atomic E-state index is 11.6. The van der Waals surface area contributed by atoms with Gasteiger partial charge in [0.05, 0.1) is 13.2 Å². The molecule has 8 heteroatoms. The van der Waals surface area contributed by atoms with E-state index in [9.17, 15) is 19.2 Å². The molecule has 8 nitrogen and oxygen atoms in total. The van der Waals surface area contributed by atoms with Crippen LogP contribution in [-0.2, 0) is 28.8 Å². The van der Waals surface area contributed by atoms with Crippen molar-refractivity contribution < 1.29 is 38.4 Å². The molecule has 0 unspecified atom stereocenters. The number of hydrogen-bond donors (Lipinski definition) is 0. The van der Waals surface area contributed by atoms with Gasteiger partial charge in [-0.25, -0.2) is 0 Å². The van der Waals surface area contributed by atoms with Crippen molar-refractivity contribution in [1.82, 2.24) is 0 Å². The Labute approximate surface area is 307 Å². The number of ether oxygens (including phenoxy) is 2. The van der Waals surface area contributed by atoms with Gasteiger partial charge in [0.15, 0.2) is 0 Å². The third-order valence-corrected chi connectivity index (χ3v) is 9.46. The van der Waals surface area contributed by atoms with Crippen LogP contribution < -0.4 is 0 Å². The number of Topliss-reactive ketones (excluding diaryl/α,β-unsaturated/α-hetero) is 2. The second-order valence-electron chi connectivity index (χ2n) is 14.6. The zero-order valence-electron chi connectivity index (χ0n) is 32.7. The molecule has 0 aliphatic heterocycles. The van der Waals surface area contributed by atoms with Gasteiger partial charge < -0.3 is 19.1 Å². The van der Waals surface area contributed by atoms with Crippen LogP contribution >= 0.6 is 0 Å². The molecule has 0 amide bonds. The third kappa shape index (κ3) is 42.0.